The van der Waals surface area contributed by atoms with E-state index in [2.05, 4.69) is 51.2 Å². The molecule has 0 aliphatic carbocycles. The second-order valence-electron chi connectivity index (χ2n) is 5.87. The Labute approximate surface area is 112 Å². The number of benzene rings is 1. The predicted molar refractivity (Wildman–Crippen MR) is 78.7 cm³/mol. The summed E-state index contributed by atoms with van der Waals surface area (Å²) in [4.78, 5) is 0. The second-order valence-corrected chi connectivity index (χ2v) is 5.87. The lowest BCUT2D eigenvalue weighted by molar-refractivity contribution is 0.402. The van der Waals surface area contributed by atoms with E-state index in [1.165, 1.54) is 11.1 Å². The molecule has 18 heavy (non-hydrogen) atoms. The largest absolute Gasteiger partial charge is 0.496 e. The quantitative estimate of drug-likeness (QED) is 0.859. The molecule has 0 spiro atoms. The number of likely N-dealkylation sites (N-methyl/N-ethyl adjacent to an activating group) is 1. The molecule has 0 amide bonds. The summed E-state index contributed by atoms with van der Waals surface area (Å²) in [6.07, 6.45) is 1.12. The molecule has 1 N–H and O–H groups in total. The van der Waals surface area contributed by atoms with E-state index in [1.807, 2.05) is 7.05 Å². The highest BCUT2D eigenvalue weighted by atomic mass is 16.5. The predicted octanol–water partition coefficient (Wildman–Crippen LogP) is 3.71. The first-order chi connectivity index (χ1) is 8.43. The van der Waals surface area contributed by atoms with Gasteiger partial charge in [0.1, 0.15) is 5.75 Å². The van der Waals surface area contributed by atoms with E-state index in [-0.39, 0.29) is 5.41 Å². The molecular formula is C16H27NO. The molecule has 0 saturated heterocycles. The Bertz CT molecular complexity index is 379. The van der Waals surface area contributed by atoms with Crippen molar-refractivity contribution in [3.63, 3.8) is 0 Å². The molecule has 1 aromatic carbocycles. The molecular weight excluding hydrogens is 222 g/mol. The molecule has 2 heteroatoms. The molecule has 0 aliphatic heterocycles. The Morgan fingerprint density at radius 2 is 1.94 bits per heavy atom. The lowest BCUT2D eigenvalue weighted by Gasteiger charge is -2.24. The van der Waals surface area contributed by atoms with Gasteiger partial charge in [0.25, 0.3) is 0 Å². The number of methoxy groups -OCH3 is 1. The van der Waals surface area contributed by atoms with Crippen molar-refractivity contribution in [2.75, 3.05) is 20.7 Å². The Morgan fingerprint density at radius 1 is 1.28 bits per heavy atom. The van der Waals surface area contributed by atoms with E-state index in [1.54, 1.807) is 7.11 Å². The number of hydrogen-bond acceptors (Lipinski definition) is 2. The molecule has 102 valence electrons. The van der Waals surface area contributed by atoms with Crippen LogP contribution in [0, 0.1) is 0 Å². The smallest absolute Gasteiger partial charge is 0.122 e. The zero-order chi connectivity index (χ0) is 13.8. The average molecular weight is 249 g/mol. The molecule has 1 atom stereocenters. The van der Waals surface area contributed by atoms with Crippen molar-refractivity contribution in [2.24, 2.45) is 0 Å². The van der Waals surface area contributed by atoms with Gasteiger partial charge in [0, 0.05) is 6.54 Å². The van der Waals surface area contributed by atoms with Crippen LogP contribution < -0.4 is 10.1 Å². The fourth-order valence-electron chi connectivity index (χ4n) is 2.24. The summed E-state index contributed by atoms with van der Waals surface area (Å²) in [5.74, 6) is 1.51. The first kappa shape index (κ1) is 15.0. The van der Waals surface area contributed by atoms with Crippen molar-refractivity contribution >= 4 is 0 Å². The summed E-state index contributed by atoms with van der Waals surface area (Å²) in [5.41, 5.74) is 2.87. The van der Waals surface area contributed by atoms with Crippen LogP contribution in [0.25, 0.3) is 0 Å². The lowest BCUT2D eigenvalue weighted by Crippen LogP contribution is -2.18. The summed E-state index contributed by atoms with van der Waals surface area (Å²) < 4.78 is 5.51. The number of hydrogen-bond donors (Lipinski definition) is 1. The van der Waals surface area contributed by atoms with Gasteiger partial charge in [0.2, 0.25) is 0 Å². The van der Waals surface area contributed by atoms with Gasteiger partial charge < -0.3 is 10.1 Å². The number of ether oxygens (including phenoxy) is 1. The Morgan fingerprint density at radius 3 is 2.39 bits per heavy atom. The third kappa shape index (κ3) is 3.49. The van der Waals surface area contributed by atoms with E-state index < -0.39 is 0 Å². The first-order valence-corrected chi connectivity index (χ1v) is 6.77. The fourth-order valence-corrected chi connectivity index (χ4v) is 2.24. The summed E-state index contributed by atoms with van der Waals surface area (Å²) in [6.45, 7) is 9.96. The van der Waals surface area contributed by atoms with Crippen LogP contribution in [0.4, 0.5) is 0 Å². The summed E-state index contributed by atoms with van der Waals surface area (Å²) in [6, 6.07) is 6.59. The van der Waals surface area contributed by atoms with Crippen molar-refractivity contribution in [1.82, 2.24) is 5.32 Å². The first-order valence-electron chi connectivity index (χ1n) is 6.77. The molecule has 0 radical (unpaired) electrons. The SMILES string of the molecule is CCC(CNC)c1cc(C(C)(C)C)ccc1OC. The standard InChI is InChI=1S/C16H27NO/c1-7-12(11-17-5)14-10-13(16(2,3)4)8-9-15(14)18-6/h8-10,12,17H,7,11H2,1-6H3. The molecule has 0 fully saturated rings. The van der Waals surface area contributed by atoms with Gasteiger partial charge >= 0.3 is 0 Å². The normalized spacial score (nSPS) is 13.4. The van der Waals surface area contributed by atoms with E-state index in [0.29, 0.717) is 5.92 Å². The summed E-state index contributed by atoms with van der Waals surface area (Å²) in [5, 5.41) is 3.27. The average Bonchev–Trinajstić information content (AvgIpc) is 2.34. The summed E-state index contributed by atoms with van der Waals surface area (Å²) in [7, 11) is 3.75. The monoisotopic (exact) mass is 249 g/mol. The maximum Gasteiger partial charge on any atom is 0.122 e. The van der Waals surface area contributed by atoms with Crippen LogP contribution in [-0.4, -0.2) is 20.7 Å². The molecule has 0 heterocycles. The molecule has 1 aromatic rings. The van der Waals surface area contributed by atoms with E-state index in [4.69, 9.17) is 4.74 Å². The maximum atomic E-state index is 5.51. The zero-order valence-corrected chi connectivity index (χ0v) is 12.6. The van der Waals surface area contributed by atoms with Gasteiger partial charge in [-0.2, -0.15) is 0 Å². The topological polar surface area (TPSA) is 21.3 Å². The zero-order valence-electron chi connectivity index (χ0n) is 12.6. The van der Waals surface area contributed by atoms with Crippen LogP contribution in [0.15, 0.2) is 18.2 Å². The Kier molecular flexibility index (Phi) is 5.21. The molecule has 1 rings (SSSR count). The third-order valence-electron chi connectivity index (χ3n) is 3.48. The molecule has 0 saturated carbocycles. The second kappa shape index (κ2) is 6.24. The van der Waals surface area contributed by atoms with E-state index >= 15 is 0 Å². The highest BCUT2D eigenvalue weighted by Crippen LogP contribution is 2.33. The minimum atomic E-state index is 0.180. The van der Waals surface area contributed by atoms with Crippen LogP contribution in [0.3, 0.4) is 0 Å². The van der Waals surface area contributed by atoms with Crippen molar-refractivity contribution in [3.8, 4) is 5.75 Å². The number of rotatable bonds is 5. The summed E-state index contributed by atoms with van der Waals surface area (Å²) >= 11 is 0. The van der Waals surface area contributed by atoms with Gasteiger partial charge in [-0.3, -0.25) is 0 Å². The van der Waals surface area contributed by atoms with Crippen LogP contribution in [0.5, 0.6) is 5.75 Å². The van der Waals surface area contributed by atoms with Crippen molar-refractivity contribution in [2.45, 2.75) is 45.4 Å². The number of nitrogens with one attached hydrogen (secondary N) is 1. The van der Waals surface area contributed by atoms with Gasteiger partial charge in [-0.15, -0.1) is 0 Å². The fraction of sp³-hybridized carbons (Fsp3) is 0.625. The molecule has 0 aliphatic rings. The minimum Gasteiger partial charge on any atom is -0.496 e. The van der Waals surface area contributed by atoms with Gasteiger partial charge in [-0.1, -0.05) is 39.8 Å². The van der Waals surface area contributed by atoms with Crippen molar-refractivity contribution < 1.29 is 4.74 Å². The highest BCUT2D eigenvalue weighted by molar-refractivity contribution is 5.42. The van der Waals surface area contributed by atoms with Gasteiger partial charge in [-0.05, 0) is 42.0 Å². The molecule has 1 unspecified atom stereocenters. The Hall–Kier alpha value is -1.02. The van der Waals surface area contributed by atoms with Crippen LogP contribution in [0.2, 0.25) is 0 Å². The van der Waals surface area contributed by atoms with E-state index in [0.717, 1.165) is 18.7 Å². The maximum absolute atomic E-state index is 5.51. The van der Waals surface area contributed by atoms with Crippen LogP contribution >= 0.6 is 0 Å². The molecule has 0 aromatic heterocycles. The van der Waals surface area contributed by atoms with E-state index in [9.17, 15) is 0 Å². The van der Waals surface area contributed by atoms with Crippen molar-refractivity contribution in [3.05, 3.63) is 29.3 Å². The lowest BCUT2D eigenvalue weighted by atomic mass is 9.83. The minimum absolute atomic E-state index is 0.180. The van der Waals surface area contributed by atoms with Gasteiger partial charge in [-0.25, -0.2) is 0 Å². The third-order valence-corrected chi connectivity index (χ3v) is 3.48. The molecule has 2 nitrogen and oxygen atoms in total. The Balaban J connectivity index is 3.20. The molecule has 0 bridgehead atoms. The van der Waals surface area contributed by atoms with Gasteiger partial charge in [0.15, 0.2) is 0 Å². The van der Waals surface area contributed by atoms with Gasteiger partial charge in [0.05, 0.1) is 7.11 Å². The highest BCUT2D eigenvalue weighted by Gasteiger charge is 2.19. The van der Waals surface area contributed by atoms with Crippen molar-refractivity contribution in [1.29, 1.82) is 0 Å². The van der Waals surface area contributed by atoms with Crippen LogP contribution in [0.1, 0.15) is 51.2 Å². The van der Waals surface area contributed by atoms with Crippen LogP contribution in [-0.2, 0) is 5.41 Å².